The first-order chi connectivity index (χ1) is 13.0. The van der Waals surface area contributed by atoms with Crippen LogP contribution in [0.25, 0.3) is 0 Å². The summed E-state index contributed by atoms with van der Waals surface area (Å²) in [6, 6.07) is 9.60. The summed E-state index contributed by atoms with van der Waals surface area (Å²) in [5.74, 6) is -4.65. The maximum Gasteiger partial charge on any atom is 0.275 e. The van der Waals surface area contributed by atoms with E-state index in [1.807, 2.05) is 29.2 Å². The van der Waals surface area contributed by atoms with Gasteiger partial charge in [-0.3, -0.25) is 4.79 Å². The number of hydrogen-bond donors (Lipinski definition) is 1. The van der Waals surface area contributed by atoms with E-state index in [0.29, 0.717) is 5.82 Å². The highest BCUT2D eigenvalue weighted by molar-refractivity contribution is 6.02. The first kappa shape index (κ1) is 17.0. The van der Waals surface area contributed by atoms with Gasteiger partial charge in [-0.1, -0.05) is 18.2 Å². The second-order valence-corrected chi connectivity index (χ2v) is 5.97. The van der Waals surface area contributed by atoms with Crippen LogP contribution in [-0.4, -0.2) is 22.4 Å². The van der Waals surface area contributed by atoms with Crippen molar-refractivity contribution >= 4 is 23.1 Å². The molecule has 5 nitrogen and oxygen atoms in total. The monoisotopic (exact) mass is 370 g/mol. The number of anilines is 3. The minimum atomic E-state index is -1.65. The van der Waals surface area contributed by atoms with E-state index in [4.69, 9.17) is 0 Å². The second kappa shape index (κ2) is 6.71. The van der Waals surface area contributed by atoms with E-state index >= 15 is 0 Å². The normalized spacial score (nSPS) is 12.8. The second-order valence-electron chi connectivity index (χ2n) is 5.97. The zero-order valence-electron chi connectivity index (χ0n) is 13.9. The maximum absolute atomic E-state index is 13.7. The minimum absolute atomic E-state index is 0.0737. The molecule has 136 valence electrons. The Balaban J connectivity index is 1.53. The van der Waals surface area contributed by atoms with Crippen molar-refractivity contribution in [1.82, 2.24) is 9.97 Å². The van der Waals surface area contributed by atoms with Gasteiger partial charge in [0.2, 0.25) is 0 Å². The number of nitrogens with zero attached hydrogens (tertiary/aromatic N) is 3. The molecule has 0 unspecified atom stereocenters. The van der Waals surface area contributed by atoms with Gasteiger partial charge >= 0.3 is 0 Å². The van der Waals surface area contributed by atoms with Crippen LogP contribution in [0.1, 0.15) is 16.1 Å². The predicted molar refractivity (Wildman–Crippen MR) is 93.5 cm³/mol. The number of amides is 1. The molecule has 0 fully saturated rings. The van der Waals surface area contributed by atoms with Crippen LogP contribution in [0.5, 0.6) is 0 Å². The molecule has 2 aromatic carbocycles. The van der Waals surface area contributed by atoms with Crippen molar-refractivity contribution in [3.05, 3.63) is 77.5 Å². The lowest BCUT2D eigenvalue weighted by Crippen LogP contribution is -2.18. The molecule has 1 N–H and O–H groups in total. The Kier molecular flexibility index (Phi) is 4.23. The average Bonchev–Trinajstić information content (AvgIpc) is 3.12. The molecule has 0 saturated heterocycles. The van der Waals surface area contributed by atoms with Gasteiger partial charge in [-0.15, -0.1) is 0 Å². The van der Waals surface area contributed by atoms with Gasteiger partial charge in [0.1, 0.15) is 5.69 Å². The molecule has 2 heterocycles. The lowest BCUT2D eigenvalue weighted by atomic mass is 10.2. The van der Waals surface area contributed by atoms with Crippen LogP contribution in [0, 0.1) is 17.5 Å². The summed E-state index contributed by atoms with van der Waals surface area (Å²) in [5, 5.41) is 2.16. The van der Waals surface area contributed by atoms with E-state index in [1.165, 1.54) is 18.0 Å². The molecule has 0 radical (unpaired) electrons. The minimum Gasteiger partial charge on any atom is -0.325 e. The van der Waals surface area contributed by atoms with Gasteiger partial charge in [0, 0.05) is 12.2 Å². The van der Waals surface area contributed by atoms with Crippen molar-refractivity contribution < 1.29 is 18.0 Å². The molecule has 0 aliphatic carbocycles. The summed E-state index contributed by atoms with van der Waals surface area (Å²) in [6.07, 6.45) is 3.58. The van der Waals surface area contributed by atoms with Crippen LogP contribution in [0.15, 0.2) is 48.8 Å². The third-order valence-electron chi connectivity index (χ3n) is 4.32. The van der Waals surface area contributed by atoms with Gasteiger partial charge < -0.3 is 10.2 Å². The van der Waals surface area contributed by atoms with Gasteiger partial charge in [-0.2, -0.15) is 0 Å². The fourth-order valence-electron chi connectivity index (χ4n) is 2.96. The smallest absolute Gasteiger partial charge is 0.275 e. The lowest BCUT2D eigenvalue weighted by molar-refractivity contribution is 0.102. The fraction of sp³-hybridized carbons (Fsp3) is 0.105. The molecule has 0 spiro atoms. The van der Waals surface area contributed by atoms with E-state index in [-0.39, 0.29) is 5.69 Å². The molecular formula is C19H13F3N4O. The number of nitrogens with one attached hydrogen (secondary N) is 1. The molecule has 4 rings (SSSR count). The van der Waals surface area contributed by atoms with E-state index in [0.717, 1.165) is 30.8 Å². The molecular weight excluding hydrogens is 357 g/mol. The van der Waals surface area contributed by atoms with E-state index in [1.54, 1.807) is 0 Å². The Morgan fingerprint density at radius 3 is 2.59 bits per heavy atom. The zero-order chi connectivity index (χ0) is 19.0. The number of carbonyl (C=O) groups excluding carboxylic acids is 1. The Hall–Kier alpha value is -3.42. The summed E-state index contributed by atoms with van der Waals surface area (Å²) < 4.78 is 39.9. The van der Waals surface area contributed by atoms with Gasteiger partial charge in [-0.25, -0.2) is 23.1 Å². The summed E-state index contributed by atoms with van der Waals surface area (Å²) in [6.45, 7) is 0.750. The highest BCUT2D eigenvalue weighted by Gasteiger charge is 2.22. The van der Waals surface area contributed by atoms with Crippen LogP contribution >= 0.6 is 0 Å². The highest BCUT2D eigenvalue weighted by Crippen LogP contribution is 2.32. The number of hydrogen-bond acceptors (Lipinski definition) is 4. The van der Waals surface area contributed by atoms with Crippen molar-refractivity contribution in [3.63, 3.8) is 0 Å². The number of fused-ring (bicyclic) bond motifs is 1. The van der Waals surface area contributed by atoms with Crippen LogP contribution in [0.2, 0.25) is 0 Å². The maximum atomic E-state index is 13.7. The summed E-state index contributed by atoms with van der Waals surface area (Å²) >= 11 is 0. The summed E-state index contributed by atoms with van der Waals surface area (Å²) in [5.41, 5.74) is 1.69. The number of aromatic nitrogens is 2. The lowest BCUT2D eigenvalue weighted by Gasteiger charge is -2.17. The molecule has 0 saturated carbocycles. The predicted octanol–water partition coefficient (Wildman–Crippen LogP) is 3.84. The number of halogens is 3. The van der Waals surface area contributed by atoms with E-state index < -0.39 is 29.0 Å². The van der Waals surface area contributed by atoms with Gasteiger partial charge in [0.05, 0.1) is 18.1 Å². The molecule has 0 atom stereocenters. The standard InChI is InChI=1S/C19H13F3N4O/c20-12-5-6-13(18(22)17(12)21)25-19(27)14-9-24-16(10-23-14)26-8-7-11-3-1-2-4-15(11)26/h1-6,9-10H,7-8H2,(H,25,27). The Morgan fingerprint density at radius 1 is 1.00 bits per heavy atom. The first-order valence-electron chi connectivity index (χ1n) is 8.17. The summed E-state index contributed by atoms with van der Waals surface area (Å²) in [4.78, 5) is 22.5. The van der Waals surface area contributed by atoms with Gasteiger partial charge in [0.25, 0.3) is 5.91 Å². The van der Waals surface area contributed by atoms with E-state index in [9.17, 15) is 18.0 Å². The Labute approximate surface area is 152 Å². The topological polar surface area (TPSA) is 58.1 Å². The average molecular weight is 370 g/mol. The number of para-hydroxylation sites is 1. The molecule has 1 aromatic heterocycles. The van der Waals surface area contributed by atoms with Gasteiger partial charge in [-0.05, 0) is 30.2 Å². The summed E-state index contributed by atoms with van der Waals surface area (Å²) in [7, 11) is 0. The largest absolute Gasteiger partial charge is 0.325 e. The Bertz CT molecular complexity index is 1020. The van der Waals surface area contributed by atoms with Crippen LogP contribution < -0.4 is 10.2 Å². The van der Waals surface area contributed by atoms with Crippen molar-refractivity contribution in [2.45, 2.75) is 6.42 Å². The van der Waals surface area contributed by atoms with Crippen molar-refractivity contribution in [1.29, 1.82) is 0 Å². The fourth-order valence-corrected chi connectivity index (χ4v) is 2.96. The SMILES string of the molecule is O=C(Nc1ccc(F)c(F)c1F)c1cnc(N2CCc3ccccc32)cn1. The van der Waals surface area contributed by atoms with Crippen LogP contribution in [0.4, 0.5) is 30.4 Å². The molecule has 3 aromatic rings. The molecule has 1 amide bonds. The molecule has 27 heavy (non-hydrogen) atoms. The van der Waals surface area contributed by atoms with Crippen molar-refractivity contribution in [2.24, 2.45) is 0 Å². The molecule has 1 aliphatic heterocycles. The highest BCUT2D eigenvalue weighted by atomic mass is 19.2. The third-order valence-corrected chi connectivity index (χ3v) is 4.32. The zero-order valence-corrected chi connectivity index (χ0v) is 13.9. The molecule has 1 aliphatic rings. The third kappa shape index (κ3) is 3.10. The Morgan fingerprint density at radius 2 is 1.81 bits per heavy atom. The van der Waals surface area contributed by atoms with Crippen molar-refractivity contribution in [3.8, 4) is 0 Å². The quantitative estimate of drug-likeness (QED) is 0.712. The van der Waals surface area contributed by atoms with Crippen LogP contribution in [-0.2, 0) is 6.42 Å². The van der Waals surface area contributed by atoms with E-state index in [2.05, 4.69) is 15.3 Å². The first-order valence-corrected chi connectivity index (χ1v) is 8.17. The van der Waals surface area contributed by atoms with Crippen LogP contribution in [0.3, 0.4) is 0 Å². The number of carbonyl (C=O) groups is 1. The number of benzene rings is 2. The van der Waals surface area contributed by atoms with Gasteiger partial charge in [0.15, 0.2) is 23.3 Å². The molecule has 8 heteroatoms. The van der Waals surface area contributed by atoms with Crippen molar-refractivity contribution in [2.75, 3.05) is 16.8 Å². The molecule has 0 bridgehead atoms. The number of rotatable bonds is 3.